The highest BCUT2D eigenvalue weighted by molar-refractivity contribution is 5.44. The van der Waals surface area contributed by atoms with Gasteiger partial charge in [-0.2, -0.15) is 0 Å². The largest absolute Gasteiger partial charge is 0.390 e. The maximum atomic E-state index is 10.9. The first-order valence-corrected chi connectivity index (χ1v) is 10.8. The van der Waals surface area contributed by atoms with Crippen LogP contribution in [0.2, 0.25) is 0 Å². The summed E-state index contributed by atoms with van der Waals surface area (Å²) >= 11 is 0. The first-order chi connectivity index (χ1) is 14.1. The van der Waals surface area contributed by atoms with Crippen LogP contribution < -0.4 is 4.90 Å². The predicted octanol–water partition coefficient (Wildman–Crippen LogP) is 1.89. The maximum Gasteiger partial charge on any atom is 0.150 e. The zero-order valence-corrected chi connectivity index (χ0v) is 17.7. The van der Waals surface area contributed by atoms with Crippen LogP contribution in [-0.2, 0) is 6.42 Å². The number of aliphatic hydroxyl groups excluding tert-OH is 1. The van der Waals surface area contributed by atoms with Gasteiger partial charge in [0.25, 0.3) is 0 Å². The lowest BCUT2D eigenvalue weighted by Gasteiger charge is -2.45. The number of aromatic nitrogens is 2. The number of anilines is 1. The zero-order chi connectivity index (χ0) is 20.2. The molecular weight excluding hydrogens is 362 g/mol. The van der Waals surface area contributed by atoms with Gasteiger partial charge in [-0.25, -0.2) is 4.98 Å². The maximum absolute atomic E-state index is 10.9. The number of β-amino-alcohol motifs (C(OH)–C–C–N with tert-alkyl or cyclic N) is 1. The van der Waals surface area contributed by atoms with Gasteiger partial charge >= 0.3 is 0 Å². The molecule has 2 aliphatic rings. The lowest BCUT2D eigenvalue weighted by Crippen LogP contribution is -2.59. The van der Waals surface area contributed by atoms with Crippen LogP contribution in [0.15, 0.2) is 36.5 Å². The number of aryl methyl sites for hydroxylation is 2. The summed E-state index contributed by atoms with van der Waals surface area (Å²) < 4.78 is 0. The molecule has 0 amide bonds. The Hall–Kier alpha value is -2.02. The Kier molecular flexibility index (Phi) is 6.43. The van der Waals surface area contributed by atoms with E-state index in [1.807, 2.05) is 13.8 Å². The van der Waals surface area contributed by atoms with Crippen molar-refractivity contribution >= 4 is 5.82 Å². The molecule has 0 aliphatic carbocycles. The van der Waals surface area contributed by atoms with Gasteiger partial charge in [0.1, 0.15) is 5.82 Å². The predicted molar refractivity (Wildman–Crippen MR) is 116 cm³/mol. The number of benzene rings is 1. The minimum atomic E-state index is -0.346. The van der Waals surface area contributed by atoms with Crippen molar-refractivity contribution in [2.75, 3.05) is 50.7 Å². The first kappa shape index (κ1) is 20.3. The van der Waals surface area contributed by atoms with Crippen LogP contribution in [0, 0.1) is 13.8 Å². The fourth-order valence-electron chi connectivity index (χ4n) is 4.61. The quantitative estimate of drug-likeness (QED) is 0.835. The van der Waals surface area contributed by atoms with E-state index in [4.69, 9.17) is 0 Å². The average molecular weight is 396 g/mol. The second kappa shape index (κ2) is 9.20. The molecule has 2 fully saturated rings. The molecule has 2 saturated heterocycles. The van der Waals surface area contributed by atoms with E-state index < -0.39 is 0 Å². The summed E-state index contributed by atoms with van der Waals surface area (Å²) in [6, 6.07) is 11.0. The molecule has 156 valence electrons. The van der Waals surface area contributed by atoms with Crippen molar-refractivity contribution in [2.45, 2.75) is 38.8 Å². The van der Waals surface area contributed by atoms with E-state index >= 15 is 0 Å². The molecule has 1 aromatic carbocycles. The van der Waals surface area contributed by atoms with Crippen molar-refractivity contribution in [3.05, 3.63) is 53.5 Å². The third-order valence-electron chi connectivity index (χ3n) is 6.33. The van der Waals surface area contributed by atoms with E-state index in [0.29, 0.717) is 6.54 Å². The number of hydrogen-bond donors (Lipinski definition) is 1. The van der Waals surface area contributed by atoms with E-state index in [9.17, 15) is 5.11 Å². The number of piperazine rings is 1. The van der Waals surface area contributed by atoms with Crippen LogP contribution >= 0.6 is 0 Å². The molecule has 29 heavy (non-hydrogen) atoms. The molecule has 1 aromatic heterocycles. The Morgan fingerprint density at radius 3 is 2.52 bits per heavy atom. The van der Waals surface area contributed by atoms with Gasteiger partial charge in [0.2, 0.25) is 0 Å². The summed E-state index contributed by atoms with van der Waals surface area (Å²) in [6.07, 6.45) is 3.54. The molecular formula is C23H33N5O. The summed E-state index contributed by atoms with van der Waals surface area (Å²) in [4.78, 5) is 16.3. The molecule has 0 saturated carbocycles. The molecule has 0 spiro atoms. The average Bonchev–Trinajstić information content (AvgIpc) is 2.75. The van der Waals surface area contributed by atoms with E-state index in [1.165, 1.54) is 5.56 Å². The normalized spacial score (nSPS) is 24.0. The van der Waals surface area contributed by atoms with Crippen molar-refractivity contribution in [3.63, 3.8) is 0 Å². The Morgan fingerprint density at radius 1 is 1.03 bits per heavy atom. The van der Waals surface area contributed by atoms with Crippen LogP contribution in [-0.4, -0.2) is 82.8 Å². The van der Waals surface area contributed by atoms with Crippen molar-refractivity contribution in [2.24, 2.45) is 0 Å². The van der Waals surface area contributed by atoms with E-state index in [0.717, 1.165) is 69.3 Å². The van der Waals surface area contributed by atoms with Crippen molar-refractivity contribution in [3.8, 4) is 0 Å². The van der Waals surface area contributed by atoms with Crippen LogP contribution in [0.4, 0.5) is 5.82 Å². The third kappa shape index (κ3) is 4.94. The second-order valence-corrected chi connectivity index (χ2v) is 8.40. The highest BCUT2D eigenvalue weighted by Crippen LogP contribution is 2.24. The molecule has 0 unspecified atom stereocenters. The minimum Gasteiger partial charge on any atom is -0.390 e. The third-order valence-corrected chi connectivity index (χ3v) is 6.33. The van der Waals surface area contributed by atoms with Gasteiger partial charge in [-0.1, -0.05) is 30.3 Å². The SMILES string of the molecule is Cc1cnc(C)c(N2CC[C@H](N3CCN(CCc4ccccc4)CC3)[C@@H](O)C2)n1. The van der Waals surface area contributed by atoms with Crippen LogP contribution in [0.3, 0.4) is 0 Å². The Balaban J connectivity index is 1.27. The van der Waals surface area contributed by atoms with Crippen LogP contribution in [0.25, 0.3) is 0 Å². The molecule has 3 heterocycles. The summed E-state index contributed by atoms with van der Waals surface area (Å²) in [5.41, 5.74) is 3.27. The molecule has 0 radical (unpaired) electrons. The molecule has 2 aromatic rings. The molecule has 2 aliphatic heterocycles. The van der Waals surface area contributed by atoms with E-state index in [-0.39, 0.29) is 12.1 Å². The Bertz CT molecular complexity index is 791. The monoisotopic (exact) mass is 395 g/mol. The van der Waals surface area contributed by atoms with Gasteiger partial charge in [0.15, 0.2) is 0 Å². The first-order valence-electron chi connectivity index (χ1n) is 10.8. The lowest BCUT2D eigenvalue weighted by molar-refractivity contribution is 0.00964. The number of aliphatic hydroxyl groups is 1. The molecule has 6 nitrogen and oxygen atoms in total. The minimum absolute atomic E-state index is 0.251. The molecule has 2 atom stereocenters. The zero-order valence-electron chi connectivity index (χ0n) is 17.7. The highest BCUT2D eigenvalue weighted by atomic mass is 16.3. The van der Waals surface area contributed by atoms with Crippen LogP contribution in [0.5, 0.6) is 0 Å². The fourth-order valence-corrected chi connectivity index (χ4v) is 4.61. The fraction of sp³-hybridized carbons (Fsp3) is 0.565. The highest BCUT2D eigenvalue weighted by Gasteiger charge is 2.34. The number of hydrogen-bond acceptors (Lipinski definition) is 6. The summed E-state index contributed by atoms with van der Waals surface area (Å²) in [5, 5.41) is 10.9. The molecule has 0 bridgehead atoms. The molecule has 4 rings (SSSR count). The molecule has 1 N–H and O–H groups in total. The van der Waals surface area contributed by atoms with Gasteiger partial charge in [-0.15, -0.1) is 0 Å². The lowest BCUT2D eigenvalue weighted by atomic mass is 9.99. The van der Waals surface area contributed by atoms with E-state index in [1.54, 1.807) is 6.20 Å². The number of nitrogens with zero attached hydrogens (tertiary/aromatic N) is 5. The smallest absolute Gasteiger partial charge is 0.150 e. The standard InChI is InChI=1S/C23H33N5O/c1-18-16-24-19(2)23(25-18)28-11-9-21(22(29)17-28)27-14-12-26(13-15-27)10-8-20-6-4-3-5-7-20/h3-7,16,21-22,29H,8-15,17H2,1-2H3/t21-,22-/m0/s1. The van der Waals surface area contributed by atoms with Crippen molar-refractivity contribution in [1.82, 2.24) is 19.8 Å². The van der Waals surface area contributed by atoms with Crippen molar-refractivity contribution in [1.29, 1.82) is 0 Å². The molecule has 6 heteroatoms. The van der Waals surface area contributed by atoms with Gasteiger partial charge in [-0.05, 0) is 32.3 Å². The summed E-state index contributed by atoms with van der Waals surface area (Å²) in [5.74, 6) is 0.924. The van der Waals surface area contributed by atoms with Crippen molar-refractivity contribution < 1.29 is 5.11 Å². The summed E-state index contributed by atoms with van der Waals surface area (Å²) in [6.45, 7) is 10.9. The number of piperidine rings is 1. The topological polar surface area (TPSA) is 55.7 Å². The number of rotatable bonds is 5. The second-order valence-electron chi connectivity index (χ2n) is 8.40. The van der Waals surface area contributed by atoms with Gasteiger partial charge in [0.05, 0.1) is 17.5 Å². The van der Waals surface area contributed by atoms with Gasteiger partial charge in [-0.3, -0.25) is 9.88 Å². The summed E-state index contributed by atoms with van der Waals surface area (Å²) in [7, 11) is 0. The van der Waals surface area contributed by atoms with Gasteiger partial charge < -0.3 is 14.9 Å². The van der Waals surface area contributed by atoms with Gasteiger partial charge in [0, 0.05) is 58.1 Å². The van der Waals surface area contributed by atoms with E-state index in [2.05, 4.69) is 55.0 Å². The van der Waals surface area contributed by atoms with Crippen LogP contribution in [0.1, 0.15) is 23.4 Å². The Labute approximate surface area is 174 Å². The Morgan fingerprint density at radius 2 is 1.79 bits per heavy atom.